The van der Waals surface area contributed by atoms with E-state index >= 15 is 0 Å². The maximum absolute atomic E-state index is 12.0. The van der Waals surface area contributed by atoms with Crippen LogP contribution < -0.4 is 10.2 Å². The molecule has 150 valence electrons. The monoisotopic (exact) mass is 400 g/mol. The number of hydrogen-bond donors (Lipinski definition) is 1. The fourth-order valence-corrected chi connectivity index (χ4v) is 3.43. The minimum absolute atomic E-state index is 0.156. The number of anilines is 3. The van der Waals surface area contributed by atoms with E-state index in [0.717, 1.165) is 22.0 Å². The fraction of sp³-hybridized carbons (Fsp3) is 0.136. The topological polar surface area (TPSA) is 97.1 Å². The lowest BCUT2D eigenvalue weighted by molar-refractivity contribution is -0.383. The SMILES string of the molecule is CCN(c1ncnc(NCc2cccnc2)c1[N+](=O)[O-])c1cccc2ccccc12. The molecule has 0 bridgehead atoms. The Kier molecular flexibility index (Phi) is 5.47. The molecule has 0 aliphatic heterocycles. The first kappa shape index (κ1) is 19.3. The molecule has 0 spiro atoms. The van der Waals surface area contributed by atoms with E-state index in [9.17, 15) is 10.1 Å². The van der Waals surface area contributed by atoms with Gasteiger partial charge in [0.1, 0.15) is 6.33 Å². The normalized spacial score (nSPS) is 10.7. The Morgan fingerprint density at radius 3 is 2.67 bits per heavy atom. The average molecular weight is 400 g/mol. The molecule has 0 saturated carbocycles. The fourth-order valence-electron chi connectivity index (χ4n) is 3.43. The highest BCUT2D eigenvalue weighted by atomic mass is 16.6. The molecule has 2 aromatic heterocycles. The quantitative estimate of drug-likeness (QED) is 0.355. The first-order chi connectivity index (χ1) is 14.7. The molecule has 0 radical (unpaired) electrons. The van der Waals surface area contributed by atoms with E-state index in [4.69, 9.17) is 0 Å². The van der Waals surface area contributed by atoms with Gasteiger partial charge in [0.2, 0.25) is 11.6 Å². The zero-order chi connectivity index (χ0) is 20.9. The highest BCUT2D eigenvalue weighted by molar-refractivity contribution is 5.96. The molecule has 0 atom stereocenters. The summed E-state index contributed by atoms with van der Waals surface area (Å²) in [6.45, 7) is 2.82. The predicted octanol–water partition coefficient (Wildman–Crippen LogP) is 4.70. The Hall–Kier alpha value is -4.07. The molecule has 4 rings (SSSR count). The van der Waals surface area contributed by atoms with Gasteiger partial charge in [0.05, 0.1) is 10.6 Å². The first-order valence-electron chi connectivity index (χ1n) is 9.56. The van der Waals surface area contributed by atoms with Crippen molar-refractivity contribution in [2.24, 2.45) is 0 Å². The molecule has 4 aromatic rings. The Bertz CT molecular complexity index is 1180. The molecule has 0 saturated heterocycles. The molecule has 0 aliphatic rings. The number of hydrogen-bond acceptors (Lipinski definition) is 7. The predicted molar refractivity (Wildman–Crippen MR) is 117 cm³/mol. The zero-order valence-electron chi connectivity index (χ0n) is 16.4. The summed E-state index contributed by atoms with van der Waals surface area (Å²) < 4.78 is 0. The van der Waals surface area contributed by atoms with Gasteiger partial charge in [-0.2, -0.15) is 0 Å². The molecule has 0 fully saturated rings. The van der Waals surface area contributed by atoms with Gasteiger partial charge in [-0.15, -0.1) is 0 Å². The van der Waals surface area contributed by atoms with Crippen LogP contribution in [0.15, 0.2) is 73.3 Å². The van der Waals surface area contributed by atoms with Crippen molar-refractivity contribution in [2.45, 2.75) is 13.5 Å². The van der Waals surface area contributed by atoms with Crippen LogP contribution in [0.3, 0.4) is 0 Å². The Morgan fingerprint density at radius 1 is 1.07 bits per heavy atom. The second kappa shape index (κ2) is 8.52. The van der Waals surface area contributed by atoms with E-state index in [-0.39, 0.29) is 17.3 Å². The highest BCUT2D eigenvalue weighted by Gasteiger charge is 2.27. The number of fused-ring (bicyclic) bond motifs is 1. The maximum Gasteiger partial charge on any atom is 0.353 e. The minimum Gasteiger partial charge on any atom is -0.360 e. The van der Waals surface area contributed by atoms with Gasteiger partial charge >= 0.3 is 5.69 Å². The zero-order valence-corrected chi connectivity index (χ0v) is 16.4. The van der Waals surface area contributed by atoms with Gasteiger partial charge in [-0.25, -0.2) is 9.97 Å². The van der Waals surface area contributed by atoms with Gasteiger partial charge < -0.3 is 10.2 Å². The second-order valence-corrected chi connectivity index (χ2v) is 6.61. The molecular weight excluding hydrogens is 380 g/mol. The molecular formula is C22H20N6O2. The molecule has 30 heavy (non-hydrogen) atoms. The van der Waals surface area contributed by atoms with Crippen molar-refractivity contribution >= 4 is 33.8 Å². The van der Waals surface area contributed by atoms with E-state index in [0.29, 0.717) is 13.1 Å². The van der Waals surface area contributed by atoms with Crippen molar-refractivity contribution in [2.75, 3.05) is 16.8 Å². The lowest BCUT2D eigenvalue weighted by atomic mass is 10.1. The smallest absolute Gasteiger partial charge is 0.353 e. The largest absolute Gasteiger partial charge is 0.360 e. The number of nitro groups is 1. The molecule has 1 N–H and O–H groups in total. The number of nitrogens with one attached hydrogen (secondary N) is 1. The molecule has 8 nitrogen and oxygen atoms in total. The first-order valence-corrected chi connectivity index (χ1v) is 9.56. The van der Waals surface area contributed by atoms with E-state index in [1.54, 1.807) is 12.4 Å². The van der Waals surface area contributed by atoms with Gasteiger partial charge in [0.15, 0.2) is 0 Å². The Balaban J connectivity index is 1.77. The van der Waals surface area contributed by atoms with Crippen molar-refractivity contribution in [1.82, 2.24) is 15.0 Å². The summed E-state index contributed by atoms with van der Waals surface area (Å²) in [4.78, 5) is 25.9. The minimum atomic E-state index is -0.436. The standard InChI is InChI=1S/C22H20N6O2/c1-2-27(19-11-5-9-17-8-3-4-10-18(17)19)22-20(28(29)30)21(25-15-26-22)24-14-16-7-6-12-23-13-16/h3-13,15H,2,14H2,1H3,(H,24,25,26). The third-order valence-electron chi connectivity index (χ3n) is 4.80. The molecule has 2 heterocycles. The van der Waals surface area contributed by atoms with Crippen molar-refractivity contribution in [3.63, 3.8) is 0 Å². The van der Waals surface area contributed by atoms with Crippen molar-refractivity contribution in [1.29, 1.82) is 0 Å². The molecule has 0 amide bonds. The highest BCUT2D eigenvalue weighted by Crippen LogP contribution is 2.38. The average Bonchev–Trinajstić information content (AvgIpc) is 2.79. The van der Waals surface area contributed by atoms with Crippen LogP contribution in [-0.4, -0.2) is 26.4 Å². The van der Waals surface area contributed by atoms with Crippen LogP contribution in [0.1, 0.15) is 12.5 Å². The van der Waals surface area contributed by atoms with Gasteiger partial charge in [-0.3, -0.25) is 15.1 Å². The molecule has 2 aromatic carbocycles. The lowest BCUT2D eigenvalue weighted by Crippen LogP contribution is -2.20. The number of aromatic nitrogens is 3. The van der Waals surface area contributed by atoms with Crippen LogP contribution in [0.4, 0.5) is 23.0 Å². The lowest BCUT2D eigenvalue weighted by Gasteiger charge is -2.24. The summed E-state index contributed by atoms with van der Waals surface area (Å²) >= 11 is 0. The maximum atomic E-state index is 12.0. The van der Waals surface area contributed by atoms with E-state index in [1.807, 2.05) is 66.4 Å². The third kappa shape index (κ3) is 3.75. The van der Waals surface area contributed by atoms with Crippen LogP contribution in [0, 0.1) is 10.1 Å². The summed E-state index contributed by atoms with van der Waals surface area (Å²) in [7, 11) is 0. The number of rotatable bonds is 7. The Morgan fingerprint density at radius 2 is 1.90 bits per heavy atom. The summed E-state index contributed by atoms with van der Waals surface area (Å²) in [6.07, 6.45) is 4.73. The van der Waals surface area contributed by atoms with Crippen LogP contribution >= 0.6 is 0 Å². The van der Waals surface area contributed by atoms with Crippen molar-refractivity contribution in [3.05, 3.63) is 89.0 Å². The number of pyridine rings is 1. The van der Waals surface area contributed by atoms with E-state index in [2.05, 4.69) is 20.3 Å². The molecule has 0 aliphatic carbocycles. The van der Waals surface area contributed by atoms with Gasteiger partial charge in [0, 0.05) is 30.9 Å². The summed E-state index contributed by atoms with van der Waals surface area (Å²) in [5.74, 6) is 0.426. The van der Waals surface area contributed by atoms with Crippen LogP contribution in [0.2, 0.25) is 0 Å². The van der Waals surface area contributed by atoms with Gasteiger partial charge in [0.25, 0.3) is 0 Å². The number of nitrogens with zero attached hydrogens (tertiary/aromatic N) is 5. The molecule has 0 unspecified atom stereocenters. The summed E-state index contributed by atoms with van der Waals surface area (Å²) in [5, 5.41) is 17.1. The van der Waals surface area contributed by atoms with E-state index in [1.165, 1.54) is 6.33 Å². The second-order valence-electron chi connectivity index (χ2n) is 6.61. The Labute approximate surface area is 173 Å². The van der Waals surface area contributed by atoms with Gasteiger partial charge in [-0.1, -0.05) is 42.5 Å². The third-order valence-corrected chi connectivity index (χ3v) is 4.80. The number of benzene rings is 2. The van der Waals surface area contributed by atoms with Crippen LogP contribution in [0.25, 0.3) is 10.8 Å². The summed E-state index contributed by atoms with van der Waals surface area (Å²) in [5.41, 5.74) is 1.60. The van der Waals surface area contributed by atoms with Gasteiger partial charge in [-0.05, 0) is 30.0 Å². The van der Waals surface area contributed by atoms with Crippen LogP contribution in [0.5, 0.6) is 0 Å². The van der Waals surface area contributed by atoms with E-state index < -0.39 is 4.92 Å². The van der Waals surface area contributed by atoms with Crippen molar-refractivity contribution < 1.29 is 4.92 Å². The van der Waals surface area contributed by atoms with Crippen LogP contribution in [-0.2, 0) is 6.54 Å². The van der Waals surface area contributed by atoms with Crippen molar-refractivity contribution in [3.8, 4) is 0 Å². The molecule has 8 heteroatoms. The summed E-state index contributed by atoms with van der Waals surface area (Å²) in [6, 6.07) is 17.5.